The zero-order valence-electron chi connectivity index (χ0n) is 18.4. The van der Waals surface area contributed by atoms with Gasteiger partial charge < -0.3 is 4.74 Å². The van der Waals surface area contributed by atoms with Crippen molar-refractivity contribution in [2.75, 3.05) is 16.9 Å². The fourth-order valence-electron chi connectivity index (χ4n) is 4.55. The van der Waals surface area contributed by atoms with Gasteiger partial charge in [-0.3, -0.25) is 14.7 Å². The fourth-order valence-corrected chi connectivity index (χ4v) is 5.31. The average Bonchev–Trinajstić information content (AvgIpc) is 3.43. The Morgan fingerprint density at radius 2 is 1.74 bits per heavy atom. The van der Waals surface area contributed by atoms with Gasteiger partial charge in [0.2, 0.25) is 0 Å². The Morgan fingerprint density at radius 1 is 1.09 bits per heavy atom. The Kier molecular flexibility index (Phi) is 4.89. The molecule has 0 N–H and O–H groups in total. The number of urea groups is 1. The van der Waals surface area contributed by atoms with Crippen LogP contribution >= 0.6 is 0 Å². The van der Waals surface area contributed by atoms with Crippen LogP contribution in [0.3, 0.4) is 0 Å². The second kappa shape index (κ2) is 7.41. The Labute approximate surface area is 197 Å². The first kappa shape index (κ1) is 23.1. The number of amides is 3. The number of fused-ring (bicyclic) bond motifs is 1. The lowest BCUT2D eigenvalue weighted by Crippen LogP contribution is -2.39. The van der Waals surface area contributed by atoms with Gasteiger partial charge >= 0.3 is 11.5 Å². The summed E-state index contributed by atoms with van der Waals surface area (Å²) < 4.78 is 67.3. The third-order valence-electron chi connectivity index (χ3n) is 6.51. The molecule has 2 aromatic carbocycles. The number of pyridine rings is 1. The largest absolute Gasteiger partial charge is 0.501 e. The van der Waals surface area contributed by atoms with Gasteiger partial charge in [0.25, 0.3) is 15.7 Å². The van der Waals surface area contributed by atoms with Crippen LogP contribution in [-0.2, 0) is 14.6 Å². The molecule has 1 spiro atoms. The van der Waals surface area contributed by atoms with Crippen LogP contribution in [0.25, 0.3) is 10.9 Å². The highest BCUT2D eigenvalue weighted by atomic mass is 32.2. The lowest BCUT2D eigenvalue weighted by atomic mass is 10.1. The molecule has 3 amide bonds. The first-order chi connectivity index (χ1) is 16.4. The molecule has 2 atom stereocenters. The number of rotatable bonds is 4. The van der Waals surface area contributed by atoms with Crippen LogP contribution in [0.5, 0.6) is 5.75 Å². The molecule has 1 aliphatic heterocycles. The van der Waals surface area contributed by atoms with Gasteiger partial charge in [-0.1, -0.05) is 6.92 Å². The van der Waals surface area contributed by atoms with E-state index in [4.69, 9.17) is 4.74 Å². The van der Waals surface area contributed by atoms with Gasteiger partial charge in [-0.2, -0.15) is 13.2 Å². The van der Waals surface area contributed by atoms with Crippen molar-refractivity contribution in [1.29, 1.82) is 0 Å². The third kappa shape index (κ3) is 3.19. The van der Waals surface area contributed by atoms with Crippen molar-refractivity contribution in [3.63, 3.8) is 0 Å². The minimum Gasteiger partial charge on any atom is -0.497 e. The molecule has 0 bridgehead atoms. The van der Waals surface area contributed by atoms with Crippen LogP contribution in [0.4, 0.5) is 29.3 Å². The predicted molar refractivity (Wildman–Crippen MR) is 120 cm³/mol. The summed E-state index contributed by atoms with van der Waals surface area (Å²) in [6, 6.07) is 9.58. The van der Waals surface area contributed by atoms with Crippen LogP contribution < -0.4 is 14.5 Å². The number of ether oxygens (including phenoxy) is 1. The van der Waals surface area contributed by atoms with Crippen molar-refractivity contribution in [3.8, 4) is 5.75 Å². The van der Waals surface area contributed by atoms with E-state index in [1.54, 1.807) is 24.3 Å². The van der Waals surface area contributed by atoms with E-state index < -0.39 is 37.7 Å². The number of halogens is 3. The van der Waals surface area contributed by atoms with Crippen LogP contribution in [-0.4, -0.2) is 43.5 Å². The van der Waals surface area contributed by atoms with Crippen molar-refractivity contribution in [2.24, 2.45) is 5.92 Å². The molecule has 12 heteroatoms. The Balaban J connectivity index is 1.59. The number of carbonyl (C=O) groups excluding carboxylic acids is 2. The van der Waals surface area contributed by atoms with Gasteiger partial charge in [0, 0.05) is 17.6 Å². The highest BCUT2D eigenvalue weighted by Gasteiger charge is 2.70. The maximum Gasteiger partial charge on any atom is 0.501 e. The SMILES string of the molecule is COc1ccc2c(N3C(=O)N(c4ccc(S(=O)(=O)C(F)(F)F)cc4)C(=O)C34CC4C)ccnc2c1. The van der Waals surface area contributed by atoms with Gasteiger partial charge in [0.15, 0.2) is 0 Å². The second-order valence-electron chi connectivity index (χ2n) is 8.44. The van der Waals surface area contributed by atoms with E-state index in [9.17, 15) is 31.2 Å². The number of sulfone groups is 1. The maximum absolute atomic E-state index is 13.6. The number of hydrogen-bond acceptors (Lipinski definition) is 6. The standard InChI is InChI=1S/C23H18F3N3O5S/c1-13-12-22(13)20(30)28(14-3-6-16(7-4-14)35(32,33)23(24,25)26)21(31)29(22)19-9-10-27-18-11-15(34-2)5-8-17(18)19/h3-11,13H,12H2,1-2H3. The fraction of sp³-hybridized carbons (Fsp3) is 0.261. The second-order valence-corrected chi connectivity index (χ2v) is 10.4. The van der Waals surface area contributed by atoms with Crippen LogP contribution in [0.2, 0.25) is 0 Å². The molecule has 3 aromatic rings. The Bertz CT molecular complexity index is 1490. The smallest absolute Gasteiger partial charge is 0.497 e. The summed E-state index contributed by atoms with van der Waals surface area (Å²) in [4.78, 5) is 32.7. The number of carbonyl (C=O) groups is 2. The summed E-state index contributed by atoms with van der Waals surface area (Å²) in [6.45, 7) is 1.83. The van der Waals surface area contributed by atoms with E-state index in [1.807, 2.05) is 6.92 Å². The molecule has 2 unspecified atom stereocenters. The molecule has 35 heavy (non-hydrogen) atoms. The summed E-state index contributed by atoms with van der Waals surface area (Å²) in [6.07, 6.45) is 1.91. The van der Waals surface area contributed by atoms with Gasteiger partial charge in [0.05, 0.1) is 28.9 Å². The third-order valence-corrected chi connectivity index (χ3v) is 8.01. The minimum atomic E-state index is -5.56. The van der Waals surface area contributed by atoms with E-state index in [1.165, 1.54) is 18.2 Å². The van der Waals surface area contributed by atoms with Crippen molar-refractivity contribution in [2.45, 2.75) is 29.3 Å². The molecular formula is C23H18F3N3O5S. The highest BCUT2D eigenvalue weighted by Crippen LogP contribution is 2.56. The summed E-state index contributed by atoms with van der Waals surface area (Å²) in [5.41, 5.74) is -5.64. The summed E-state index contributed by atoms with van der Waals surface area (Å²) in [5.74, 6) is -0.133. The molecule has 1 aromatic heterocycles. The molecule has 2 fully saturated rings. The maximum atomic E-state index is 13.6. The van der Waals surface area contributed by atoms with Gasteiger partial charge in [-0.25, -0.2) is 18.1 Å². The van der Waals surface area contributed by atoms with Crippen LogP contribution in [0.15, 0.2) is 59.6 Å². The topological polar surface area (TPSA) is 96.9 Å². The minimum absolute atomic E-state index is 0.0258. The van der Waals surface area contributed by atoms with Crippen LogP contribution in [0.1, 0.15) is 13.3 Å². The molecular weight excluding hydrogens is 487 g/mol. The molecule has 0 radical (unpaired) electrons. The molecule has 1 saturated carbocycles. The zero-order chi connectivity index (χ0) is 25.3. The molecule has 8 nitrogen and oxygen atoms in total. The lowest BCUT2D eigenvalue weighted by Gasteiger charge is -2.23. The monoisotopic (exact) mass is 505 g/mol. The molecule has 182 valence electrons. The molecule has 2 heterocycles. The highest BCUT2D eigenvalue weighted by molar-refractivity contribution is 7.92. The predicted octanol–water partition coefficient (Wildman–Crippen LogP) is 4.29. The summed E-state index contributed by atoms with van der Waals surface area (Å²) >= 11 is 0. The van der Waals surface area contributed by atoms with Gasteiger partial charge in [-0.15, -0.1) is 0 Å². The molecule has 1 aliphatic carbocycles. The molecule has 1 saturated heterocycles. The van der Waals surface area contributed by atoms with E-state index >= 15 is 0 Å². The number of benzene rings is 2. The first-order valence-electron chi connectivity index (χ1n) is 10.5. The Morgan fingerprint density at radius 3 is 2.31 bits per heavy atom. The van der Waals surface area contributed by atoms with Gasteiger partial charge in [0.1, 0.15) is 11.3 Å². The van der Waals surface area contributed by atoms with E-state index in [0.717, 1.165) is 29.2 Å². The lowest BCUT2D eigenvalue weighted by molar-refractivity contribution is -0.119. The molecule has 5 rings (SSSR count). The number of alkyl halides is 3. The van der Waals surface area contributed by atoms with Crippen molar-refractivity contribution in [3.05, 3.63) is 54.7 Å². The van der Waals surface area contributed by atoms with E-state index in [-0.39, 0.29) is 11.6 Å². The average molecular weight is 505 g/mol. The number of methoxy groups -OCH3 is 1. The zero-order valence-corrected chi connectivity index (χ0v) is 19.2. The molecule has 2 aliphatic rings. The van der Waals surface area contributed by atoms with Gasteiger partial charge in [-0.05, 0) is 54.8 Å². The van der Waals surface area contributed by atoms with E-state index in [2.05, 4.69) is 4.98 Å². The van der Waals surface area contributed by atoms with E-state index in [0.29, 0.717) is 28.8 Å². The van der Waals surface area contributed by atoms with Crippen molar-refractivity contribution >= 4 is 44.1 Å². The number of nitrogens with zero attached hydrogens (tertiary/aromatic N) is 3. The number of anilines is 2. The number of aromatic nitrogens is 1. The first-order valence-corrected chi connectivity index (χ1v) is 11.9. The number of imide groups is 1. The summed E-state index contributed by atoms with van der Waals surface area (Å²) in [7, 11) is -4.05. The quantitative estimate of drug-likeness (QED) is 0.491. The van der Waals surface area contributed by atoms with Crippen molar-refractivity contribution < 1.29 is 35.9 Å². The van der Waals surface area contributed by atoms with Crippen LogP contribution in [0, 0.1) is 5.92 Å². The normalized spacial score (nSPS) is 22.4. The Hall–Kier alpha value is -3.67. The summed E-state index contributed by atoms with van der Waals surface area (Å²) in [5, 5.41) is 0.612. The van der Waals surface area contributed by atoms with Crippen molar-refractivity contribution in [1.82, 2.24) is 4.98 Å². The number of hydrogen-bond donors (Lipinski definition) is 0.